The van der Waals surface area contributed by atoms with E-state index in [1.54, 1.807) is 19.9 Å². The van der Waals surface area contributed by atoms with E-state index < -0.39 is 28.4 Å². The van der Waals surface area contributed by atoms with Crippen molar-refractivity contribution in [1.29, 1.82) is 0 Å². The number of rotatable bonds is 6. The van der Waals surface area contributed by atoms with Crippen LogP contribution in [-0.2, 0) is 19.6 Å². The Kier molecular flexibility index (Phi) is 5.25. The maximum atomic E-state index is 13.8. The third-order valence-electron chi connectivity index (χ3n) is 5.67. The third kappa shape index (κ3) is 3.90. The molecule has 162 valence electrons. The van der Waals surface area contributed by atoms with E-state index in [-0.39, 0.29) is 10.5 Å². The first-order chi connectivity index (χ1) is 14.6. The Labute approximate surface area is 181 Å². The number of nitrogens with zero attached hydrogens (tertiary/aromatic N) is 1. The lowest BCUT2D eigenvalue weighted by Crippen LogP contribution is -2.16. The average molecular weight is 440 g/mol. The molecule has 0 unspecified atom stereocenters. The molecule has 1 heterocycles. The van der Waals surface area contributed by atoms with Gasteiger partial charge in [-0.2, -0.15) is 0 Å². The van der Waals surface area contributed by atoms with Crippen LogP contribution in [0.5, 0.6) is 0 Å². The maximum absolute atomic E-state index is 13.8. The molecule has 0 radical (unpaired) electrons. The second-order valence-electron chi connectivity index (χ2n) is 8.33. The molecule has 7 heteroatoms. The van der Waals surface area contributed by atoms with E-state index in [0.29, 0.717) is 27.9 Å². The van der Waals surface area contributed by atoms with Crippen molar-refractivity contribution >= 4 is 32.7 Å². The molecule has 4 rings (SSSR count). The van der Waals surface area contributed by atoms with Crippen LogP contribution in [0.3, 0.4) is 0 Å². The molecule has 0 aliphatic heterocycles. The van der Waals surface area contributed by atoms with Gasteiger partial charge in [0.05, 0.1) is 10.4 Å². The Bertz CT molecular complexity index is 1310. The van der Waals surface area contributed by atoms with Gasteiger partial charge in [0.25, 0.3) is 10.0 Å². The Hall–Kier alpha value is -2.93. The van der Waals surface area contributed by atoms with Crippen LogP contribution >= 0.6 is 0 Å². The van der Waals surface area contributed by atoms with Crippen LogP contribution in [0.1, 0.15) is 58.3 Å². The fourth-order valence-corrected chi connectivity index (χ4v) is 6.01. The van der Waals surface area contributed by atoms with Crippen LogP contribution in [0.4, 0.5) is 0 Å². The molecule has 0 spiro atoms. The van der Waals surface area contributed by atoms with E-state index in [0.717, 1.165) is 24.0 Å². The lowest BCUT2D eigenvalue weighted by Gasteiger charge is -2.14. The predicted octanol–water partition coefficient (Wildman–Crippen LogP) is 4.43. The summed E-state index contributed by atoms with van der Waals surface area (Å²) in [5, 5.41) is 0.535. The van der Waals surface area contributed by atoms with Gasteiger partial charge < -0.3 is 4.74 Å². The molecule has 2 aromatic carbocycles. The van der Waals surface area contributed by atoms with Crippen molar-refractivity contribution in [3.8, 4) is 0 Å². The first kappa shape index (κ1) is 21.3. The molecule has 0 amide bonds. The molecule has 0 saturated heterocycles. The van der Waals surface area contributed by atoms with Crippen LogP contribution in [0.2, 0.25) is 0 Å². The Morgan fingerprint density at radius 2 is 1.71 bits per heavy atom. The number of aryl methyl sites for hydroxylation is 3. The normalized spacial score (nSPS) is 14.1. The van der Waals surface area contributed by atoms with Crippen LogP contribution in [0.15, 0.2) is 41.4 Å². The minimum Gasteiger partial charge on any atom is -0.457 e. The topological polar surface area (TPSA) is 82.4 Å². The van der Waals surface area contributed by atoms with Crippen molar-refractivity contribution in [2.45, 2.75) is 51.3 Å². The zero-order valence-corrected chi connectivity index (χ0v) is 18.9. The van der Waals surface area contributed by atoms with Crippen molar-refractivity contribution in [2.75, 3.05) is 6.61 Å². The molecule has 1 saturated carbocycles. The predicted molar refractivity (Wildman–Crippen MR) is 118 cm³/mol. The summed E-state index contributed by atoms with van der Waals surface area (Å²) in [5.41, 5.74) is 4.06. The van der Waals surface area contributed by atoms with Crippen molar-refractivity contribution in [3.63, 3.8) is 0 Å². The second-order valence-corrected chi connectivity index (χ2v) is 10.1. The van der Waals surface area contributed by atoms with E-state index >= 15 is 0 Å². The first-order valence-corrected chi connectivity index (χ1v) is 11.7. The number of ether oxygens (including phenoxy) is 1. The van der Waals surface area contributed by atoms with Crippen LogP contribution in [-0.4, -0.2) is 30.7 Å². The second kappa shape index (κ2) is 7.64. The van der Waals surface area contributed by atoms with Gasteiger partial charge in [0.1, 0.15) is 0 Å². The Morgan fingerprint density at radius 3 is 2.29 bits per heavy atom. The van der Waals surface area contributed by atoms with Gasteiger partial charge in [-0.1, -0.05) is 29.8 Å². The van der Waals surface area contributed by atoms with Gasteiger partial charge in [-0.15, -0.1) is 0 Å². The summed E-state index contributed by atoms with van der Waals surface area (Å²) in [6.45, 7) is 6.28. The monoisotopic (exact) mass is 439 g/mol. The lowest BCUT2D eigenvalue weighted by molar-refractivity contribution is -0.139. The summed E-state index contributed by atoms with van der Waals surface area (Å²) in [6.07, 6.45) is 3.52. The molecule has 0 N–H and O–H groups in total. The van der Waals surface area contributed by atoms with E-state index in [2.05, 4.69) is 0 Å². The van der Waals surface area contributed by atoms with E-state index in [9.17, 15) is 18.0 Å². The highest BCUT2D eigenvalue weighted by molar-refractivity contribution is 7.90. The minimum atomic E-state index is -3.95. The molecule has 1 aliphatic carbocycles. The number of hydrogen-bond donors (Lipinski definition) is 0. The molecule has 1 fully saturated rings. The number of aromatic nitrogens is 1. The van der Waals surface area contributed by atoms with Gasteiger partial charge in [-0.3, -0.25) is 9.59 Å². The molecule has 31 heavy (non-hydrogen) atoms. The summed E-state index contributed by atoms with van der Waals surface area (Å²) < 4.78 is 33.6. The summed E-state index contributed by atoms with van der Waals surface area (Å²) in [4.78, 5) is 24.2. The number of hydrogen-bond acceptors (Lipinski definition) is 5. The molecule has 1 aliphatic rings. The van der Waals surface area contributed by atoms with Gasteiger partial charge in [0.2, 0.25) is 5.78 Å². The van der Waals surface area contributed by atoms with Gasteiger partial charge >= 0.3 is 5.97 Å². The van der Waals surface area contributed by atoms with Crippen LogP contribution in [0, 0.1) is 20.8 Å². The third-order valence-corrected chi connectivity index (χ3v) is 7.65. The number of esters is 1. The summed E-state index contributed by atoms with van der Waals surface area (Å²) >= 11 is 0. The van der Waals surface area contributed by atoms with Gasteiger partial charge in [-0.05, 0) is 62.3 Å². The Balaban J connectivity index is 1.93. The quantitative estimate of drug-likeness (QED) is 0.419. The zero-order valence-electron chi connectivity index (χ0n) is 18.1. The number of ketones is 1. The molecule has 0 atom stereocenters. The molecule has 0 bridgehead atoms. The number of carbonyl (C=O) groups is 2. The van der Waals surface area contributed by atoms with Crippen molar-refractivity contribution in [3.05, 3.63) is 64.3 Å². The summed E-state index contributed by atoms with van der Waals surface area (Å²) in [7, 11) is -3.95. The van der Waals surface area contributed by atoms with E-state index in [1.165, 1.54) is 17.1 Å². The fraction of sp³-hybridized carbons (Fsp3) is 0.333. The number of benzene rings is 2. The Morgan fingerprint density at radius 1 is 1.06 bits per heavy atom. The van der Waals surface area contributed by atoms with E-state index in [4.69, 9.17) is 4.74 Å². The SMILES string of the molecule is CC(=O)OCC(=O)c1cn(S(=O)(=O)c2c(C)cc(C)cc2C)c2cc(C3CC3)ccc12. The van der Waals surface area contributed by atoms with Crippen molar-refractivity contribution in [2.24, 2.45) is 0 Å². The number of fused-ring (bicyclic) bond motifs is 1. The molecule has 1 aromatic heterocycles. The van der Waals surface area contributed by atoms with Crippen molar-refractivity contribution in [1.82, 2.24) is 3.97 Å². The smallest absolute Gasteiger partial charge is 0.303 e. The average Bonchev–Trinajstić information content (AvgIpc) is 3.44. The van der Waals surface area contributed by atoms with Gasteiger partial charge in [0, 0.05) is 24.1 Å². The zero-order chi connectivity index (χ0) is 22.5. The number of carbonyl (C=O) groups excluding carboxylic acids is 2. The molecular weight excluding hydrogens is 414 g/mol. The first-order valence-electron chi connectivity index (χ1n) is 10.2. The highest BCUT2D eigenvalue weighted by Crippen LogP contribution is 2.42. The summed E-state index contributed by atoms with van der Waals surface area (Å²) in [6, 6.07) is 9.29. The summed E-state index contributed by atoms with van der Waals surface area (Å²) in [5.74, 6) is -0.573. The largest absolute Gasteiger partial charge is 0.457 e. The fourth-order valence-electron chi connectivity index (χ4n) is 4.22. The standard InChI is InChI=1S/C24H25NO5S/c1-14-9-15(2)24(16(3)10-14)31(28,29)25-12-21(23(27)13-30-17(4)26)20-8-7-19(11-22(20)25)18-5-6-18/h7-12,18H,5-6,13H2,1-4H3. The highest BCUT2D eigenvalue weighted by Gasteiger charge is 2.29. The van der Waals surface area contributed by atoms with Gasteiger partial charge in [-0.25, -0.2) is 12.4 Å². The van der Waals surface area contributed by atoms with Crippen molar-refractivity contribution < 1.29 is 22.7 Å². The molecule has 3 aromatic rings. The maximum Gasteiger partial charge on any atom is 0.303 e. The molecular formula is C24H25NO5S. The van der Waals surface area contributed by atoms with E-state index in [1.807, 2.05) is 31.2 Å². The number of Topliss-reactive ketones (excluding diaryl/α,β-unsaturated/α-hetero) is 1. The molecule has 6 nitrogen and oxygen atoms in total. The van der Waals surface area contributed by atoms with Crippen LogP contribution in [0.25, 0.3) is 10.9 Å². The lowest BCUT2D eigenvalue weighted by atomic mass is 10.1. The highest BCUT2D eigenvalue weighted by atomic mass is 32.2. The van der Waals surface area contributed by atoms with Crippen LogP contribution < -0.4 is 0 Å². The van der Waals surface area contributed by atoms with Gasteiger partial charge in [0.15, 0.2) is 6.61 Å². The minimum absolute atomic E-state index is 0.226.